The lowest BCUT2D eigenvalue weighted by Gasteiger charge is -2.29. The van der Waals surface area contributed by atoms with Crippen molar-refractivity contribution in [2.75, 3.05) is 33.9 Å². The second kappa shape index (κ2) is 10.9. The zero-order valence-corrected chi connectivity index (χ0v) is 9.72. The SMILES string of the molecule is CC.CC.CN1CCCN(C)C1. The van der Waals surface area contributed by atoms with Gasteiger partial charge in [0.15, 0.2) is 0 Å². The summed E-state index contributed by atoms with van der Waals surface area (Å²) in [7, 11) is 4.32. The second-order valence-corrected chi connectivity index (χ2v) is 2.65. The van der Waals surface area contributed by atoms with Crippen LogP contribution in [0, 0.1) is 0 Å². The number of hydrogen-bond donors (Lipinski definition) is 0. The van der Waals surface area contributed by atoms with Gasteiger partial charge in [-0.15, -0.1) is 0 Å². The fraction of sp³-hybridized carbons (Fsp3) is 1.00. The number of nitrogens with zero attached hydrogens (tertiary/aromatic N) is 2. The van der Waals surface area contributed by atoms with Crippen LogP contribution in [-0.4, -0.2) is 43.7 Å². The van der Waals surface area contributed by atoms with Gasteiger partial charge in [0.2, 0.25) is 0 Å². The molecular formula is C10H26N2. The highest BCUT2D eigenvalue weighted by Gasteiger charge is 2.08. The van der Waals surface area contributed by atoms with Crippen molar-refractivity contribution in [2.24, 2.45) is 0 Å². The lowest BCUT2D eigenvalue weighted by atomic mass is 10.3. The minimum absolute atomic E-state index is 1.14. The van der Waals surface area contributed by atoms with Gasteiger partial charge in [-0.25, -0.2) is 0 Å². The molecule has 0 aromatic carbocycles. The minimum Gasteiger partial charge on any atom is -0.294 e. The highest BCUT2D eigenvalue weighted by atomic mass is 15.3. The molecule has 0 bridgehead atoms. The van der Waals surface area contributed by atoms with Gasteiger partial charge in [-0.2, -0.15) is 0 Å². The molecule has 1 fully saturated rings. The smallest absolute Gasteiger partial charge is 0.0500 e. The van der Waals surface area contributed by atoms with Crippen molar-refractivity contribution in [2.45, 2.75) is 34.1 Å². The lowest BCUT2D eigenvalue weighted by molar-refractivity contribution is 0.133. The lowest BCUT2D eigenvalue weighted by Crippen LogP contribution is -2.40. The van der Waals surface area contributed by atoms with Crippen molar-refractivity contribution in [3.63, 3.8) is 0 Å². The Labute approximate surface area is 78.5 Å². The van der Waals surface area contributed by atoms with Crippen molar-refractivity contribution in [1.29, 1.82) is 0 Å². The van der Waals surface area contributed by atoms with Crippen LogP contribution in [-0.2, 0) is 0 Å². The quantitative estimate of drug-likeness (QED) is 0.556. The molecule has 1 aliphatic rings. The van der Waals surface area contributed by atoms with E-state index in [1.54, 1.807) is 0 Å². The van der Waals surface area contributed by atoms with Crippen LogP contribution in [0.1, 0.15) is 34.1 Å². The summed E-state index contributed by atoms with van der Waals surface area (Å²) in [5, 5.41) is 0. The summed E-state index contributed by atoms with van der Waals surface area (Å²) >= 11 is 0. The van der Waals surface area contributed by atoms with Crippen LogP contribution in [0.5, 0.6) is 0 Å². The summed E-state index contributed by atoms with van der Waals surface area (Å²) in [6.07, 6.45) is 1.33. The third kappa shape index (κ3) is 8.02. The van der Waals surface area contributed by atoms with Crippen LogP contribution < -0.4 is 0 Å². The van der Waals surface area contributed by atoms with Gasteiger partial charge in [0.05, 0.1) is 6.67 Å². The first-order chi connectivity index (χ1) is 5.79. The maximum Gasteiger partial charge on any atom is 0.0500 e. The Morgan fingerprint density at radius 3 is 1.25 bits per heavy atom. The molecule has 0 aromatic heterocycles. The highest BCUT2D eigenvalue weighted by molar-refractivity contribution is 4.60. The average molecular weight is 174 g/mol. The Hall–Kier alpha value is -0.0800. The molecule has 0 saturated carbocycles. The molecule has 0 unspecified atom stereocenters. The van der Waals surface area contributed by atoms with Gasteiger partial charge in [0.1, 0.15) is 0 Å². The third-order valence-electron chi connectivity index (χ3n) is 1.56. The van der Waals surface area contributed by atoms with Gasteiger partial charge in [-0.3, -0.25) is 9.80 Å². The summed E-state index contributed by atoms with van der Waals surface area (Å²) in [5.74, 6) is 0. The molecule has 2 heteroatoms. The molecule has 1 rings (SSSR count). The largest absolute Gasteiger partial charge is 0.294 e. The highest BCUT2D eigenvalue weighted by Crippen LogP contribution is 1.98. The predicted molar refractivity (Wildman–Crippen MR) is 57.4 cm³/mol. The van der Waals surface area contributed by atoms with Gasteiger partial charge in [0, 0.05) is 13.1 Å². The minimum atomic E-state index is 1.14. The molecule has 0 atom stereocenters. The van der Waals surface area contributed by atoms with E-state index >= 15 is 0 Å². The van der Waals surface area contributed by atoms with Crippen LogP contribution in [0.3, 0.4) is 0 Å². The Morgan fingerprint density at radius 1 is 0.750 bits per heavy atom. The summed E-state index contributed by atoms with van der Waals surface area (Å²) in [5.41, 5.74) is 0. The maximum absolute atomic E-state index is 2.34. The molecule has 0 aromatic rings. The second-order valence-electron chi connectivity index (χ2n) is 2.65. The molecule has 1 heterocycles. The van der Waals surface area contributed by atoms with Crippen LogP contribution in [0.15, 0.2) is 0 Å². The monoisotopic (exact) mass is 174 g/mol. The van der Waals surface area contributed by atoms with E-state index in [0.29, 0.717) is 0 Å². The Kier molecular flexibility index (Phi) is 13.1. The average Bonchev–Trinajstić information content (AvgIpc) is 2.11. The Bertz CT molecular complexity index is 66.2. The van der Waals surface area contributed by atoms with Gasteiger partial charge >= 0.3 is 0 Å². The molecule has 76 valence electrons. The Balaban J connectivity index is 0. The molecule has 2 nitrogen and oxygen atoms in total. The zero-order valence-electron chi connectivity index (χ0n) is 9.72. The van der Waals surface area contributed by atoms with E-state index in [1.165, 1.54) is 19.5 Å². The van der Waals surface area contributed by atoms with Gasteiger partial charge in [-0.05, 0) is 20.5 Å². The van der Waals surface area contributed by atoms with Crippen molar-refractivity contribution in [3.8, 4) is 0 Å². The van der Waals surface area contributed by atoms with Gasteiger partial charge < -0.3 is 0 Å². The van der Waals surface area contributed by atoms with Crippen LogP contribution in [0.2, 0.25) is 0 Å². The molecule has 0 N–H and O–H groups in total. The number of hydrogen-bond acceptors (Lipinski definition) is 2. The molecule has 12 heavy (non-hydrogen) atoms. The molecule has 0 spiro atoms. The number of rotatable bonds is 0. The van der Waals surface area contributed by atoms with E-state index < -0.39 is 0 Å². The standard InChI is InChI=1S/C6H14N2.2C2H6/c1-7-4-3-5-8(2)6-7;2*1-2/h3-6H2,1-2H3;2*1-2H3. The summed E-state index contributed by atoms with van der Waals surface area (Å²) in [6, 6.07) is 0. The molecule has 1 aliphatic heterocycles. The first kappa shape index (κ1) is 14.4. The summed E-state index contributed by atoms with van der Waals surface area (Å²) in [4.78, 5) is 4.67. The molecule has 0 amide bonds. The maximum atomic E-state index is 2.34. The normalized spacial score (nSPS) is 18.5. The van der Waals surface area contributed by atoms with Crippen molar-refractivity contribution in [1.82, 2.24) is 9.80 Å². The van der Waals surface area contributed by atoms with Crippen molar-refractivity contribution in [3.05, 3.63) is 0 Å². The first-order valence-electron chi connectivity index (χ1n) is 5.16. The van der Waals surface area contributed by atoms with Crippen molar-refractivity contribution >= 4 is 0 Å². The molecular weight excluding hydrogens is 148 g/mol. The molecule has 0 radical (unpaired) electrons. The van der Waals surface area contributed by atoms with Gasteiger partial charge in [-0.1, -0.05) is 27.7 Å². The van der Waals surface area contributed by atoms with E-state index in [2.05, 4.69) is 23.9 Å². The van der Waals surface area contributed by atoms with Gasteiger partial charge in [0.25, 0.3) is 0 Å². The zero-order chi connectivity index (χ0) is 9.98. The van der Waals surface area contributed by atoms with Crippen LogP contribution in [0.25, 0.3) is 0 Å². The predicted octanol–water partition coefficient (Wildman–Crippen LogP) is 2.26. The van der Waals surface area contributed by atoms with E-state index in [0.717, 1.165) is 6.67 Å². The van der Waals surface area contributed by atoms with E-state index in [1.807, 2.05) is 27.7 Å². The van der Waals surface area contributed by atoms with Crippen LogP contribution >= 0.6 is 0 Å². The third-order valence-corrected chi connectivity index (χ3v) is 1.56. The fourth-order valence-corrected chi connectivity index (χ4v) is 1.16. The fourth-order valence-electron chi connectivity index (χ4n) is 1.16. The topological polar surface area (TPSA) is 6.48 Å². The van der Waals surface area contributed by atoms with Crippen LogP contribution in [0.4, 0.5) is 0 Å². The molecule has 1 saturated heterocycles. The molecule has 0 aliphatic carbocycles. The van der Waals surface area contributed by atoms with E-state index in [9.17, 15) is 0 Å². The summed E-state index contributed by atoms with van der Waals surface area (Å²) in [6.45, 7) is 11.7. The van der Waals surface area contributed by atoms with E-state index in [4.69, 9.17) is 0 Å². The first-order valence-corrected chi connectivity index (χ1v) is 5.16. The summed E-state index contributed by atoms with van der Waals surface area (Å²) < 4.78 is 0. The van der Waals surface area contributed by atoms with E-state index in [-0.39, 0.29) is 0 Å². The van der Waals surface area contributed by atoms with Crippen molar-refractivity contribution < 1.29 is 0 Å². The Morgan fingerprint density at radius 2 is 1.08 bits per heavy atom.